The lowest BCUT2D eigenvalue weighted by Gasteiger charge is -2.10. The lowest BCUT2D eigenvalue weighted by atomic mass is 10.1. The van der Waals surface area contributed by atoms with Crippen molar-refractivity contribution in [2.75, 3.05) is 12.8 Å². The van der Waals surface area contributed by atoms with E-state index >= 15 is 0 Å². The SMILES string of the molecule is COC(=O)c1cc(C=N)c(N)c(SCc2ccccc2)c1.I.[HH]. The zero-order chi connectivity index (χ0) is 15.2. The molecule has 0 spiro atoms. The van der Waals surface area contributed by atoms with Gasteiger partial charge in [-0.2, -0.15) is 0 Å². The number of halogens is 1. The number of benzene rings is 2. The predicted molar refractivity (Wildman–Crippen MR) is 104 cm³/mol. The van der Waals surface area contributed by atoms with Crippen LogP contribution in [0.15, 0.2) is 47.4 Å². The van der Waals surface area contributed by atoms with Gasteiger partial charge in [-0.15, -0.1) is 35.7 Å². The van der Waals surface area contributed by atoms with E-state index < -0.39 is 5.97 Å². The van der Waals surface area contributed by atoms with Gasteiger partial charge in [0, 0.05) is 23.9 Å². The van der Waals surface area contributed by atoms with Crippen LogP contribution in [0.4, 0.5) is 5.69 Å². The van der Waals surface area contributed by atoms with Gasteiger partial charge in [0.25, 0.3) is 0 Å². The Labute approximate surface area is 152 Å². The van der Waals surface area contributed by atoms with Gasteiger partial charge in [-0.1, -0.05) is 30.3 Å². The van der Waals surface area contributed by atoms with Crippen molar-refractivity contribution < 1.29 is 11.0 Å². The molecule has 118 valence electrons. The Kier molecular flexibility index (Phi) is 7.40. The van der Waals surface area contributed by atoms with E-state index in [1.807, 2.05) is 30.3 Å². The Balaban J connectivity index is 0.00000242. The first kappa shape index (κ1) is 18.5. The summed E-state index contributed by atoms with van der Waals surface area (Å²) in [5.41, 5.74) is 8.65. The first-order valence-electron chi connectivity index (χ1n) is 6.34. The minimum absolute atomic E-state index is 0. The number of nitrogens with one attached hydrogen (secondary N) is 1. The number of methoxy groups -OCH3 is 1. The molecule has 0 saturated carbocycles. The normalized spacial score (nSPS) is 9.68. The first-order valence-corrected chi connectivity index (χ1v) is 7.33. The topological polar surface area (TPSA) is 76.2 Å². The van der Waals surface area contributed by atoms with Crippen LogP contribution < -0.4 is 5.73 Å². The minimum Gasteiger partial charge on any atom is -0.465 e. The number of hydrogen-bond donors (Lipinski definition) is 2. The Hall–Kier alpha value is -1.54. The highest BCUT2D eigenvalue weighted by Gasteiger charge is 2.13. The van der Waals surface area contributed by atoms with Crippen LogP contribution in [0.1, 0.15) is 22.9 Å². The quantitative estimate of drug-likeness (QED) is 0.245. The molecular formula is C16H19IN2O2S. The zero-order valence-corrected chi connectivity index (χ0v) is 15.2. The minimum atomic E-state index is -0.431. The van der Waals surface area contributed by atoms with Gasteiger partial charge in [-0.3, -0.25) is 0 Å². The second-order valence-electron chi connectivity index (χ2n) is 4.39. The van der Waals surface area contributed by atoms with Gasteiger partial charge in [0.15, 0.2) is 0 Å². The molecule has 0 fully saturated rings. The van der Waals surface area contributed by atoms with Crippen molar-refractivity contribution in [1.82, 2.24) is 0 Å². The lowest BCUT2D eigenvalue weighted by molar-refractivity contribution is 0.0600. The molecule has 0 heterocycles. The van der Waals surface area contributed by atoms with Crippen molar-refractivity contribution in [2.45, 2.75) is 10.6 Å². The number of esters is 1. The molecule has 0 amide bonds. The molecule has 0 radical (unpaired) electrons. The number of hydrogen-bond acceptors (Lipinski definition) is 5. The van der Waals surface area contributed by atoms with Crippen molar-refractivity contribution in [3.05, 3.63) is 59.2 Å². The van der Waals surface area contributed by atoms with E-state index in [2.05, 4.69) is 0 Å². The number of carbonyl (C=O) groups excluding carboxylic acids is 1. The number of carbonyl (C=O) groups is 1. The van der Waals surface area contributed by atoms with Crippen LogP contribution in [0.25, 0.3) is 0 Å². The predicted octanol–water partition coefficient (Wildman–Crippen LogP) is 4.21. The van der Waals surface area contributed by atoms with Gasteiger partial charge in [-0.25, -0.2) is 4.79 Å². The third-order valence-corrected chi connectivity index (χ3v) is 4.11. The third-order valence-electron chi connectivity index (χ3n) is 2.99. The molecular weight excluding hydrogens is 411 g/mol. The standard InChI is InChI=1S/C16H16N2O2S.HI.H2/c1-20-16(19)12-7-13(9-17)15(18)14(8-12)21-10-11-5-3-2-4-6-11;;/h2-9,17H,10,18H2,1H3;2*1H. The highest BCUT2D eigenvalue weighted by atomic mass is 127. The molecule has 2 aromatic rings. The smallest absolute Gasteiger partial charge is 0.337 e. The summed E-state index contributed by atoms with van der Waals surface area (Å²) in [6.45, 7) is 0. The Morgan fingerprint density at radius 1 is 1.36 bits per heavy atom. The molecule has 6 heteroatoms. The van der Waals surface area contributed by atoms with Gasteiger partial charge < -0.3 is 15.9 Å². The van der Waals surface area contributed by atoms with Crippen molar-refractivity contribution in [2.24, 2.45) is 0 Å². The molecule has 0 aromatic heterocycles. The number of thioether (sulfide) groups is 1. The first-order chi connectivity index (χ1) is 10.2. The molecule has 3 N–H and O–H groups in total. The Morgan fingerprint density at radius 2 is 2.05 bits per heavy atom. The molecule has 0 aliphatic rings. The molecule has 4 nitrogen and oxygen atoms in total. The summed E-state index contributed by atoms with van der Waals surface area (Å²) in [6.07, 6.45) is 1.15. The van der Waals surface area contributed by atoms with Gasteiger partial charge in [0.05, 0.1) is 18.4 Å². The van der Waals surface area contributed by atoms with Gasteiger partial charge in [-0.05, 0) is 17.7 Å². The largest absolute Gasteiger partial charge is 0.465 e. The maximum atomic E-state index is 11.7. The average Bonchev–Trinajstić information content (AvgIpc) is 2.54. The summed E-state index contributed by atoms with van der Waals surface area (Å²) < 4.78 is 4.73. The van der Waals surface area contributed by atoms with Crippen LogP contribution in [0, 0.1) is 5.41 Å². The Morgan fingerprint density at radius 3 is 2.64 bits per heavy atom. The Bertz CT molecular complexity index is 669. The van der Waals surface area contributed by atoms with Crippen molar-refractivity contribution in [3.8, 4) is 0 Å². The molecule has 0 atom stereocenters. The van der Waals surface area contributed by atoms with Crippen LogP contribution >= 0.6 is 35.7 Å². The summed E-state index contributed by atoms with van der Waals surface area (Å²) in [7, 11) is 1.33. The average molecular weight is 430 g/mol. The highest BCUT2D eigenvalue weighted by molar-refractivity contribution is 14.0. The van der Waals surface area contributed by atoms with Crippen LogP contribution in [-0.4, -0.2) is 19.3 Å². The number of rotatable bonds is 5. The molecule has 22 heavy (non-hydrogen) atoms. The summed E-state index contributed by atoms with van der Waals surface area (Å²) in [4.78, 5) is 12.4. The van der Waals surface area contributed by atoms with E-state index in [0.29, 0.717) is 16.8 Å². The van der Waals surface area contributed by atoms with E-state index in [1.165, 1.54) is 24.4 Å². The second-order valence-corrected chi connectivity index (χ2v) is 5.40. The number of anilines is 1. The van der Waals surface area contributed by atoms with E-state index in [9.17, 15) is 4.79 Å². The highest BCUT2D eigenvalue weighted by Crippen LogP contribution is 2.31. The van der Waals surface area contributed by atoms with Crippen LogP contribution in [0.5, 0.6) is 0 Å². The number of nitrogen functional groups attached to an aromatic ring is 1. The summed E-state index contributed by atoms with van der Waals surface area (Å²) >= 11 is 1.54. The number of ether oxygens (including phenoxy) is 1. The van der Waals surface area contributed by atoms with E-state index in [4.69, 9.17) is 15.9 Å². The zero-order valence-electron chi connectivity index (χ0n) is 12.0. The molecule has 0 aliphatic heterocycles. The fourth-order valence-corrected chi connectivity index (χ4v) is 2.86. The van der Waals surface area contributed by atoms with E-state index in [0.717, 1.165) is 16.9 Å². The lowest BCUT2D eigenvalue weighted by Crippen LogP contribution is -2.05. The fourth-order valence-electron chi connectivity index (χ4n) is 1.86. The maximum absolute atomic E-state index is 11.7. The molecule has 2 rings (SSSR count). The fraction of sp³-hybridized carbons (Fsp3) is 0.125. The monoisotopic (exact) mass is 430 g/mol. The molecule has 0 unspecified atom stereocenters. The third kappa shape index (κ3) is 4.48. The number of nitrogens with two attached hydrogens (primary N) is 1. The second kappa shape index (κ2) is 8.79. The van der Waals surface area contributed by atoms with Crippen LogP contribution in [0.3, 0.4) is 0 Å². The van der Waals surface area contributed by atoms with Gasteiger partial charge >= 0.3 is 5.97 Å². The van der Waals surface area contributed by atoms with E-state index in [1.54, 1.807) is 12.1 Å². The summed E-state index contributed by atoms with van der Waals surface area (Å²) in [5.74, 6) is 0.312. The molecule has 0 bridgehead atoms. The summed E-state index contributed by atoms with van der Waals surface area (Å²) in [5, 5.41) is 7.41. The van der Waals surface area contributed by atoms with Crippen LogP contribution in [0.2, 0.25) is 0 Å². The molecule has 0 aliphatic carbocycles. The van der Waals surface area contributed by atoms with Crippen molar-refractivity contribution in [3.63, 3.8) is 0 Å². The van der Waals surface area contributed by atoms with Gasteiger partial charge in [0.2, 0.25) is 0 Å². The molecule has 2 aromatic carbocycles. The van der Waals surface area contributed by atoms with Crippen LogP contribution in [-0.2, 0) is 10.5 Å². The van der Waals surface area contributed by atoms with Gasteiger partial charge in [0.1, 0.15) is 0 Å². The van der Waals surface area contributed by atoms with Crippen molar-refractivity contribution in [1.29, 1.82) is 5.41 Å². The molecule has 0 saturated heterocycles. The maximum Gasteiger partial charge on any atom is 0.337 e. The summed E-state index contributed by atoms with van der Waals surface area (Å²) in [6, 6.07) is 13.3. The van der Waals surface area contributed by atoms with Crippen molar-refractivity contribution >= 4 is 53.6 Å². The van der Waals surface area contributed by atoms with E-state index in [-0.39, 0.29) is 25.4 Å².